The van der Waals surface area contributed by atoms with Crippen molar-refractivity contribution < 1.29 is 18.4 Å². The van der Waals surface area contributed by atoms with Crippen molar-refractivity contribution in [2.24, 2.45) is 0 Å². The fourth-order valence-electron chi connectivity index (χ4n) is 2.49. The zero-order valence-corrected chi connectivity index (χ0v) is 16.2. The molecule has 0 spiro atoms. The molecule has 0 aliphatic rings. The second-order valence-electron chi connectivity index (χ2n) is 7.45. The number of hydrogen-bond acceptors (Lipinski definition) is 5. The average molecular weight is 383 g/mol. The van der Waals surface area contributed by atoms with Gasteiger partial charge in [0, 0.05) is 5.56 Å². The van der Waals surface area contributed by atoms with Crippen molar-refractivity contribution in [3.63, 3.8) is 0 Å². The minimum Gasteiger partial charge on any atom is -0.481 e. The second kappa shape index (κ2) is 7.80. The van der Waals surface area contributed by atoms with Crippen molar-refractivity contribution in [2.45, 2.75) is 39.2 Å². The molecule has 1 atom stereocenters. The Labute approximate surface area is 162 Å². The molecular weight excluding hydrogens is 361 g/mol. The molecule has 3 aromatic rings. The highest BCUT2D eigenvalue weighted by atomic mass is 19.1. The summed E-state index contributed by atoms with van der Waals surface area (Å²) in [6, 6.07) is 13.2. The van der Waals surface area contributed by atoms with E-state index >= 15 is 0 Å². The molecule has 1 N–H and O–H groups in total. The number of anilines is 1. The van der Waals surface area contributed by atoms with Gasteiger partial charge in [0.1, 0.15) is 11.6 Å². The Morgan fingerprint density at radius 2 is 1.75 bits per heavy atom. The molecule has 0 fully saturated rings. The lowest BCUT2D eigenvalue weighted by Gasteiger charge is -2.20. The van der Waals surface area contributed by atoms with Crippen LogP contribution in [0.4, 0.5) is 10.3 Å². The molecule has 0 saturated heterocycles. The van der Waals surface area contributed by atoms with Gasteiger partial charge in [0.2, 0.25) is 0 Å². The summed E-state index contributed by atoms with van der Waals surface area (Å²) in [6.45, 7) is 8.02. The normalized spacial score (nSPS) is 12.5. The molecular formula is C21H22FN3O3. The minimum atomic E-state index is -0.756. The number of hydrogen-bond donors (Lipinski definition) is 1. The van der Waals surface area contributed by atoms with Crippen LogP contribution in [0, 0.1) is 5.82 Å². The van der Waals surface area contributed by atoms with Crippen LogP contribution in [0.25, 0.3) is 11.5 Å². The first-order valence-corrected chi connectivity index (χ1v) is 8.90. The van der Waals surface area contributed by atoms with Crippen molar-refractivity contribution in [3.05, 3.63) is 59.9 Å². The third kappa shape index (κ3) is 4.73. The molecule has 1 amide bonds. The SMILES string of the molecule is CC(Oc1ccc(C(C)(C)C)cc1)C(=O)Nc1noc(-c2ccc(F)cc2)n1. The number of carbonyl (C=O) groups is 1. The van der Waals surface area contributed by atoms with E-state index in [0.29, 0.717) is 11.3 Å². The van der Waals surface area contributed by atoms with Gasteiger partial charge in [-0.1, -0.05) is 32.9 Å². The fourth-order valence-corrected chi connectivity index (χ4v) is 2.49. The first kappa shape index (κ1) is 19.5. The predicted octanol–water partition coefficient (Wildman–Crippen LogP) is 4.58. The lowest BCUT2D eigenvalue weighted by atomic mass is 9.87. The summed E-state index contributed by atoms with van der Waals surface area (Å²) >= 11 is 0. The maximum absolute atomic E-state index is 13.0. The highest BCUT2D eigenvalue weighted by molar-refractivity contribution is 5.92. The van der Waals surface area contributed by atoms with E-state index in [1.165, 1.54) is 29.8 Å². The molecule has 28 heavy (non-hydrogen) atoms. The van der Waals surface area contributed by atoms with E-state index in [1.807, 2.05) is 24.3 Å². The summed E-state index contributed by atoms with van der Waals surface area (Å²) in [5, 5.41) is 6.26. The maximum Gasteiger partial charge on any atom is 0.270 e. The fraction of sp³-hybridized carbons (Fsp3) is 0.286. The number of ether oxygens (including phenoxy) is 1. The maximum atomic E-state index is 13.0. The minimum absolute atomic E-state index is 0.0165. The van der Waals surface area contributed by atoms with Crippen molar-refractivity contribution >= 4 is 11.9 Å². The molecule has 1 heterocycles. The Hall–Kier alpha value is -3.22. The topological polar surface area (TPSA) is 77.2 Å². The van der Waals surface area contributed by atoms with Gasteiger partial charge >= 0.3 is 0 Å². The molecule has 0 saturated carbocycles. The number of nitrogens with zero attached hydrogens (tertiary/aromatic N) is 2. The molecule has 3 rings (SSSR count). The molecule has 1 unspecified atom stereocenters. The van der Waals surface area contributed by atoms with Gasteiger partial charge in [-0.05, 0) is 59.5 Å². The Morgan fingerprint density at radius 1 is 1.11 bits per heavy atom. The predicted molar refractivity (Wildman–Crippen MR) is 104 cm³/mol. The van der Waals surface area contributed by atoms with E-state index in [1.54, 1.807) is 6.92 Å². The summed E-state index contributed by atoms with van der Waals surface area (Å²) in [7, 11) is 0. The number of rotatable bonds is 5. The zero-order valence-electron chi connectivity index (χ0n) is 16.2. The van der Waals surface area contributed by atoms with Crippen LogP contribution in [0.1, 0.15) is 33.3 Å². The van der Waals surface area contributed by atoms with Gasteiger partial charge in [-0.2, -0.15) is 4.98 Å². The first-order chi connectivity index (χ1) is 13.2. The Kier molecular flexibility index (Phi) is 5.44. The summed E-state index contributed by atoms with van der Waals surface area (Å²) in [4.78, 5) is 16.4. The van der Waals surface area contributed by atoms with Gasteiger partial charge in [-0.3, -0.25) is 10.1 Å². The average Bonchev–Trinajstić information content (AvgIpc) is 3.10. The number of halogens is 1. The summed E-state index contributed by atoms with van der Waals surface area (Å²) < 4.78 is 23.8. The smallest absolute Gasteiger partial charge is 0.270 e. The van der Waals surface area contributed by atoms with Gasteiger partial charge in [-0.15, -0.1) is 0 Å². The second-order valence-corrected chi connectivity index (χ2v) is 7.45. The number of carbonyl (C=O) groups excluding carboxylic acids is 1. The lowest BCUT2D eigenvalue weighted by molar-refractivity contribution is -0.122. The van der Waals surface area contributed by atoms with Gasteiger partial charge in [0.25, 0.3) is 17.7 Å². The number of amides is 1. The molecule has 7 heteroatoms. The summed E-state index contributed by atoms with van der Waals surface area (Å²) in [6.07, 6.45) is -0.756. The van der Waals surface area contributed by atoms with Gasteiger partial charge in [0.15, 0.2) is 6.10 Å². The van der Waals surface area contributed by atoms with Crippen LogP contribution in [0.2, 0.25) is 0 Å². The Balaban J connectivity index is 1.61. The molecule has 2 aromatic carbocycles. The molecule has 0 aliphatic heterocycles. The van der Waals surface area contributed by atoms with Crippen LogP contribution < -0.4 is 10.1 Å². The van der Waals surface area contributed by atoms with Crippen LogP contribution >= 0.6 is 0 Å². The number of aromatic nitrogens is 2. The van der Waals surface area contributed by atoms with E-state index in [-0.39, 0.29) is 23.1 Å². The summed E-state index contributed by atoms with van der Waals surface area (Å²) in [5.74, 6) is 0.0184. The van der Waals surface area contributed by atoms with E-state index in [2.05, 4.69) is 36.2 Å². The monoisotopic (exact) mass is 383 g/mol. The third-order valence-electron chi connectivity index (χ3n) is 4.15. The first-order valence-electron chi connectivity index (χ1n) is 8.90. The van der Waals surface area contributed by atoms with E-state index in [4.69, 9.17) is 9.26 Å². The standard InChI is InChI=1S/C21H22FN3O3/c1-13(27-17-11-7-15(8-12-17)21(2,3)4)18(26)23-20-24-19(28-25-20)14-5-9-16(22)10-6-14/h5-13H,1-4H3,(H,23,25,26). The Bertz CT molecular complexity index is 944. The van der Waals surface area contributed by atoms with Crippen molar-refractivity contribution in [1.29, 1.82) is 0 Å². The number of nitrogens with one attached hydrogen (secondary N) is 1. The molecule has 1 aromatic heterocycles. The van der Waals surface area contributed by atoms with Crippen molar-refractivity contribution in [1.82, 2.24) is 10.1 Å². The molecule has 0 radical (unpaired) electrons. The van der Waals surface area contributed by atoms with Gasteiger partial charge in [0.05, 0.1) is 0 Å². The van der Waals surface area contributed by atoms with E-state index in [9.17, 15) is 9.18 Å². The van der Waals surface area contributed by atoms with Gasteiger partial charge < -0.3 is 9.26 Å². The number of benzene rings is 2. The van der Waals surface area contributed by atoms with Gasteiger partial charge in [-0.25, -0.2) is 4.39 Å². The van der Waals surface area contributed by atoms with Crippen LogP contribution in [0.3, 0.4) is 0 Å². The lowest BCUT2D eigenvalue weighted by Crippen LogP contribution is -2.30. The summed E-state index contributed by atoms with van der Waals surface area (Å²) in [5.41, 5.74) is 1.78. The van der Waals surface area contributed by atoms with Crippen LogP contribution in [0.15, 0.2) is 53.1 Å². The molecule has 0 bridgehead atoms. The van der Waals surface area contributed by atoms with E-state index < -0.39 is 12.0 Å². The van der Waals surface area contributed by atoms with Crippen molar-refractivity contribution in [3.8, 4) is 17.2 Å². The highest BCUT2D eigenvalue weighted by Gasteiger charge is 2.19. The third-order valence-corrected chi connectivity index (χ3v) is 4.15. The van der Waals surface area contributed by atoms with Crippen LogP contribution in [-0.4, -0.2) is 22.2 Å². The largest absolute Gasteiger partial charge is 0.481 e. The van der Waals surface area contributed by atoms with E-state index in [0.717, 1.165) is 0 Å². The van der Waals surface area contributed by atoms with Crippen LogP contribution in [0.5, 0.6) is 5.75 Å². The van der Waals surface area contributed by atoms with Crippen LogP contribution in [-0.2, 0) is 10.2 Å². The molecule has 6 nitrogen and oxygen atoms in total. The highest BCUT2D eigenvalue weighted by Crippen LogP contribution is 2.25. The zero-order chi connectivity index (χ0) is 20.3. The molecule has 146 valence electrons. The quantitative estimate of drug-likeness (QED) is 0.698. The van der Waals surface area contributed by atoms with Crippen molar-refractivity contribution in [2.75, 3.05) is 5.32 Å². The molecule has 0 aliphatic carbocycles. The Morgan fingerprint density at radius 3 is 2.36 bits per heavy atom.